The second-order valence-electron chi connectivity index (χ2n) is 4.24. The van der Waals surface area contributed by atoms with E-state index in [1.54, 1.807) is 39.1 Å². The second kappa shape index (κ2) is 4.21. The van der Waals surface area contributed by atoms with Crippen molar-refractivity contribution in [2.24, 2.45) is 0 Å². The highest BCUT2D eigenvalue weighted by Crippen LogP contribution is 2.26. The Labute approximate surface area is 104 Å². The Morgan fingerprint density at radius 3 is 2.61 bits per heavy atom. The molecule has 0 saturated carbocycles. The molecule has 1 N–H and O–H groups in total. The molecule has 2 aromatic rings. The first kappa shape index (κ1) is 12.2. The Bertz CT molecular complexity index is 579. The molecule has 1 atom stereocenters. The van der Waals surface area contributed by atoms with Crippen LogP contribution in [0.4, 0.5) is 0 Å². The van der Waals surface area contributed by atoms with Crippen LogP contribution in [0.15, 0.2) is 24.5 Å². The highest BCUT2D eigenvalue weighted by atomic mass is 16.4. The highest BCUT2D eigenvalue weighted by Gasteiger charge is 2.40. The van der Waals surface area contributed by atoms with Gasteiger partial charge in [-0.3, -0.25) is 4.98 Å². The predicted molar refractivity (Wildman–Crippen MR) is 64.1 cm³/mol. The van der Waals surface area contributed by atoms with Gasteiger partial charge in [0.25, 0.3) is 0 Å². The molecule has 6 heteroatoms. The van der Waals surface area contributed by atoms with Crippen molar-refractivity contribution in [1.29, 1.82) is 0 Å². The van der Waals surface area contributed by atoms with Gasteiger partial charge < -0.3 is 5.11 Å². The average molecular weight is 246 g/mol. The number of aryl methyl sites for hydroxylation is 2. The minimum atomic E-state index is -1.31. The zero-order valence-electron chi connectivity index (χ0n) is 10.5. The van der Waals surface area contributed by atoms with Crippen molar-refractivity contribution in [2.45, 2.75) is 26.3 Å². The van der Waals surface area contributed by atoms with Crippen molar-refractivity contribution in [1.82, 2.24) is 19.7 Å². The molecule has 94 valence electrons. The van der Waals surface area contributed by atoms with Crippen LogP contribution in [-0.4, -0.2) is 30.8 Å². The van der Waals surface area contributed by atoms with Crippen molar-refractivity contribution in [3.05, 3.63) is 41.7 Å². The minimum Gasteiger partial charge on any atom is -0.479 e. The average Bonchev–Trinajstić information content (AvgIpc) is 2.68. The lowest BCUT2D eigenvalue weighted by Crippen LogP contribution is -2.41. The third-order valence-electron chi connectivity index (χ3n) is 2.94. The topological polar surface area (TPSA) is 80.9 Å². The number of pyridine rings is 1. The molecule has 0 bridgehead atoms. The Kier molecular flexibility index (Phi) is 2.86. The van der Waals surface area contributed by atoms with Gasteiger partial charge in [0.05, 0.1) is 0 Å². The summed E-state index contributed by atoms with van der Waals surface area (Å²) in [6, 6.07) is 3.42. The fourth-order valence-corrected chi connectivity index (χ4v) is 1.93. The number of hydrogen-bond acceptors (Lipinski definition) is 4. The lowest BCUT2D eigenvalue weighted by molar-refractivity contribution is -0.145. The Morgan fingerprint density at radius 2 is 2.17 bits per heavy atom. The van der Waals surface area contributed by atoms with E-state index >= 15 is 0 Å². The lowest BCUT2D eigenvalue weighted by atomic mass is 9.93. The van der Waals surface area contributed by atoms with Gasteiger partial charge in [-0.25, -0.2) is 14.5 Å². The Hall–Kier alpha value is -2.24. The third kappa shape index (κ3) is 1.75. The molecule has 0 aromatic carbocycles. The van der Waals surface area contributed by atoms with Crippen LogP contribution in [0.25, 0.3) is 0 Å². The quantitative estimate of drug-likeness (QED) is 0.878. The summed E-state index contributed by atoms with van der Waals surface area (Å²) in [4.78, 5) is 19.8. The van der Waals surface area contributed by atoms with Gasteiger partial charge in [-0.1, -0.05) is 6.07 Å². The maximum Gasteiger partial charge on any atom is 0.336 e. The molecule has 1 unspecified atom stereocenters. The Balaban J connectivity index is 2.66. The molecule has 2 rings (SSSR count). The number of nitrogens with zero attached hydrogens (tertiary/aromatic N) is 4. The Morgan fingerprint density at radius 1 is 1.44 bits per heavy atom. The first-order valence-corrected chi connectivity index (χ1v) is 5.51. The van der Waals surface area contributed by atoms with Gasteiger partial charge in [-0.15, -0.1) is 0 Å². The van der Waals surface area contributed by atoms with Gasteiger partial charge in [0.15, 0.2) is 5.54 Å². The summed E-state index contributed by atoms with van der Waals surface area (Å²) in [6.07, 6.45) is 3.13. The number of hydrogen-bond donors (Lipinski definition) is 1. The monoisotopic (exact) mass is 246 g/mol. The summed E-state index contributed by atoms with van der Waals surface area (Å²) >= 11 is 0. The van der Waals surface area contributed by atoms with Crippen LogP contribution >= 0.6 is 0 Å². The molecule has 2 heterocycles. The predicted octanol–water partition coefficient (Wildman–Crippen LogP) is 1.14. The molecule has 0 amide bonds. The van der Waals surface area contributed by atoms with E-state index in [9.17, 15) is 9.90 Å². The molecule has 0 aliphatic heterocycles. The van der Waals surface area contributed by atoms with Crippen molar-refractivity contribution in [3.8, 4) is 0 Å². The molecule has 0 spiro atoms. The normalized spacial score (nSPS) is 14.2. The number of aromatic nitrogens is 4. The first-order chi connectivity index (χ1) is 8.46. The molecule has 0 saturated heterocycles. The maximum absolute atomic E-state index is 11.7. The largest absolute Gasteiger partial charge is 0.479 e. The van der Waals surface area contributed by atoms with Crippen LogP contribution in [0.5, 0.6) is 0 Å². The van der Waals surface area contributed by atoms with Crippen molar-refractivity contribution in [2.75, 3.05) is 0 Å². The second-order valence-corrected chi connectivity index (χ2v) is 4.24. The van der Waals surface area contributed by atoms with E-state index in [1.807, 2.05) is 0 Å². The number of carboxylic acids is 1. The number of carbonyl (C=O) groups is 1. The van der Waals surface area contributed by atoms with Gasteiger partial charge in [0, 0.05) is 18.0 Å². The lowest BCUT2D eigenvalue weighted by Gasteiger charge is -2.26. The smallest absolute Gasteiger partial charge is 0.336 e. The van der Waals surface area contributed by atoms with E-state index in [0.717, 1.165) is 0 Å². The zero-order valence-corrected chi connectivity index (χ0v) is 10.5. The van der Waals surface area contributed by atoms with Gasteiger partial charge in [0.1, 0.15) is 11.6 Å². The SMILES string of the molecule is Cc1nc(C)n(C(C)(C(=O)O)c2cccnc2)n1. The summed E-state index contributed by atoms with van der Waals surface area (Å²) in [6.45, 7) is 5.06. The summed E-state index contributed by atoms with van der Waals surface area (Å²) in [5.74, 6) is 0.105. The number of aliphatic carboxylic acids is 1. The fraction of sp³-hybridized carbons (Fsp3) is 0.333. The molecule has 18 heavy (non-hydrogen) atoms. The maximum atomic E-state index is 11.7. The van der Waals surface area contributed by atoms with Gasteiger partial charge in [-0.2, -0.15) is 5.10 Å². The van der Waals surface area contributed by atoms with E-state index in [1.165, 1.54) is 10.9 Å². The molecule has 2 aromatic heterocycles. The highest BCUT2D eigenvalue weighted by molar-refractivity contribution is 5.80. The van der Waals surface area contributed by atoms with E-state index in [4.69, 9.17) is 0 Å². The summed E-state index contributed by atoms with van der Waals surface area (Å²) in [5, 5.41) is 13.7. The van der Waals surface area contributed by atoms with Crippen LogP contribution in [0, 0.1) is 13.8 Å². The van der Waals surface area contributed by atoms with Gasteiger partial charge >= 0.3 is 5.97 Å². The van der Waals surface area contributed by atoms with E-state index in [0.29, 0.717) is 17.2 Å². The number of carboxylic acid groups (broad SMARTS) is 1. The number of rotatable bonds is 3. The van der Waals surface area contributed by atoms with Crippen LogP contribution in [0.1, 0.15) is 24.1 Å². The molecule has 0 aliphatic rings. The van der Waals surface area contributed by atoms with Gasteiger partial charge in [-0.05, 0) is 26.8 Å². The van der Waals surface area contributed by atoms with Crippen molar-refractivity contribution in [3.63, 3.8) is 0 Å². The molecular weight excluding hydrogens is 232 g/mol. The molecule has 0 fully saturated rings. The zero-order chi connectivity index (χ0) is 13.3. The summed E-state index contributed by atoms with van der Waals surface area (Å²) in [5.41, 5.74) is -0.745. The standard InChI is InChI=1S/C12H14N4O2/c1-8-14-9(2)16(15-8)12(3,11(17)18)10-5-4-6-13-7-10/h4-7H,1-3H3,(H,17,18). The minimum absolute atomic E-state index is 0.545. The molecule has 0 aliphatic carbocycles. The summed E-state index contributed by atoms with van der Waals surface area (Å²) < 4.78 is 1.42. The van der Waals surface area contributed by atoms with Crippen molar-refractivity contribution >= 4 is 5.97 Å². The fourth-order valence-electron chi connectivity index (χ4n) is 1.93. The summed E-state index contributed by atoms with van der Waals surface area (Å²) in [7, 11) is 0. The van der Waals surface area contributed by atoms with E-state index < -0.39 is 11.5 Å². The first-order valence-electron chi connectivity index (χ1n) is 5.51. The molecule has 0 radical (unpaired) electrons. The van der Waals surface area contributed by atoms with Crippen LogP contribution in [0.3, 0.4) is 0 Å². The third-order valence-corrected chi connectivity index (χ3v) is 2.94. The van der Waals surface area contributed by atoms with Crippen LogP contribution in [-0.2, 0) is 10.3 Å². The van der Waals surface area contributed by atoms with Gasteiger partial charge in [0.2, 0.25) is 0 Å². The van der Waals surface area contributed by atoms with Crippen LogP contribution < -0.4 is 0 Å². The van der Waals surface area contributed by atoms with Crippen LogP contribution in [0.2, 0.25) is 0 Å². The van der Waals surface area contributed by atoms with E-state index in [-0.39, 0.29) is 0 Å². The molecular formula is C12H14N4O2. The molecule has 6 nitrogen and oxygen atoms in total. The van der Waals surface area contributed by atoms with E-state index in [2.05, 4.69) is 15.1 Å². The van der Waals surface area contributed by atoms with Crippen molar-refractivity contribution < 1.29 is 9.90 Å².